The number of likely N-dealkylation sites (N-methyl/N-ethyl adjacent to an activating group) is 1. The van der Waals surface area contributed by atoms with Crippen LogP contribution in [0.3, 0.4) is 0 Å². The van der Waals surface area contributed by atoms with Crippen LogP contribution in [0.15, 0.2) is 12.3 Å². The third kappa shape index (κ3) is 2.72. The molecule has 0 radical (unpaired) electrons. The number of nitrogens with one attached hydrogen (secondary N) is 1. The summed E-state index contributed by atoms with van der Waals surface area (Å²) < 4.78 is 0.912. The van der Waals surface area contributed by atoms with Gasteiger partial charge in [0, 0.05) is 16.8 Å². The van der Waals surface area contributed by atoms with Crippen molar-refractivity contribution in [3.8, 4) is 0 Å². The predicted octanol–water partition coefficient (Wildman–Crippen LogP) is 0.776. The second-order valence-corrected chi connectivity index (χ2v) is 4.03. The van der Waals surface area contributed by atoms with Gasteiger partial charge in [0.2, 0.25) is 0 Å². The minimum absolute atomic E-state index is 0.297. The number of nitrogens with zero attached hydrogens (tertiary/aromatic N) is 1. The van der Waals surface area contributed by atoms with Crippen LogP contribution < -0.4 is 0 Å². The summed E-state index contributed by atoms with van der Waals surface area (Å²) in [6, 6.07) is 1.67. The van der Waals surface area contributed by atoms with E-state index in [4.69, 9.17) is 5.11 Å². The second-order valence-electron chi connectivity index (χ2n) is 2.79. The molecule has 0 saturated heterocycles. The first kappa shape index (κ1) is 11.0. The number of amides is 1. The lowest BCUT2D eigenvalue weighted by Crippen LogP contribution is -2.32. The summed E-state index contributed by atoms with van der Waals surface area (Å²) in [5.74, 6) is -1.35. The Morgan fingerprint density at radius 3 is 2.71 bits per heavy atom. The number of carbonyl (C=O) groups is 2. The van der Waals surface area contributed by atoms with Gasteiger partial charge in [0.15, 0.2) is 0 Å². The fraction of sp³-hybridized carbons (Fsp3) is 0.250. The number of H-pyrrole nitrogens is 1. The molecule has 0 aromatic carbocycles. The van der Waals surface area contributed by atoms with Gasteiger partial charge in [0.1, 0.15) is 12.2 Å². The number of aromatic amines is 1. The molecule has 1 aromatic heterocycles. The van der Waals surface area contributed by atoms with Crippen LogP contribution in [-0.4, -0.2) is 40.5 Å². The summed E-state index contributed by atoms with van der Waals surface area (Å²) in [7, 11) is 1.45. The van der Waals surface area contributed by atoms with Gasteiger partial charge in [-0.3, -0.25) is 9.59 Å². The monoisotopic (exact) mass is 308 g/mol. The summed E-state index contributed by atoms with van der Waals surface area (Å²) in [4.78, 5) is 25.8. The molecule has 1 aromatic rings. The number of carbonyl (C=O) groups excluding carboxylic acids is 1. The molecule has 0 saturated carbocycles. The molecule has 2 N–H and O–H groups in total. The minimum atomic E-state index is -1.03. The normalized spacial score (nSPS) is 9.86. The topological polar surface area (TPSA) is 73.4 Å². The first-order chi connectivity index (χ1) is 6.50. The van der Waals surface area contributed by atoms with Gasteiger partial charge in [-0.05, 0) is 28.7 Å². The molecule has 0 bridgehead atoms. The lowest BCUT2D eigenvalue weighted by atomic mass is 10.4. The zero-order valence-electron chi connectivity index (χ0n) is 7.45. The maximum absolute atomic E-state index is 11.5. The van der Waals surface area contributed by atoms with E-state index in [0.717, 1.165) is 8.47 Å². The number of rotatable bonds is 3. The number of aromatic nitrogens is 1. The molecular formula is C8H9IN2O3. The Balaban J connectivity index is 2.70. The molecule has 6 heteroatoms. The average molecular weight is 308 g/mol. The maximum Gasteiger partial charge on any atom is 0.323 e. The highest BCUT2D eigenvalue weighted by Crippen LogP contribution is 2.07. The fourth-order valence-electron chi connectivity index (χ4n) is 0.972. The Labute approximate surface area is 94.2 Å². The van der Waals surface area contributed by atoms with E-state index in [9.17, 15) is 9.59 Å². The van der Waals surface area contributed by atoms with E-state index >= 15 is 0 Å². The van der Waals surface area contributed by atoms with E-state index < -0.39 is 5.97 Å². The molecule has 1 heterocycles. The molecule has 5 nitrogen and oxygen atoms in total. The van der Waals surface area contributed by atoms with Crippen LogP contribution in [0, 0.1) is 3.57 Å². The van der Waals surface area contributed by atoms with Crippen molar-refractivity contribution in [2.75, 3.05) is 13.6 Å². The minimum Gasteiger partial charge on any atom is -0.480 e. The Morgan fingerprint density at radius 2 is 2.29 bits per heavy atom. The van der Waals surface area contributed by atoms with Crippen molar-refractivity contribution in [1.82, 2.24) is 9.88 Å². The molecule has 0 fully saturated rings. The Morgan fingerprint density at radius 1 is 1.64 bits per heavy atom. The van der Waals surface area contributed by atoms with Crippen molar-refractivity contribution >= 4 is 34.5 Å². The van der Waals surface area contributed by atoms with Gasteiger partial charge in [-0.1, -0.05) is 0 Å². The van der Waals surface area contributed by atoms with E-state index in [-0.39, 0.29) is 12.5 Å². The van der Waals surface area contributed by atoms with Crippen LogP contribution in [0.4, 0.5) is 0 Å². The van der Waals surface area contributed by atoms with Crippen LogP contribution in [0.2, 0.25) is 0 Å². The van der Waals surface area contributed by atoms with E-state index in [1.54, 1.807) is 12.3 Å². The molecule has 0 aliphatic carbocycles. The molecule has 0 atom stereocenters. The van der Waals surface area contributed by atoms with Crippen molar-refractivity contribution in [1.29, 1.82) is 0 Å². The van der Waals surface area contributed by atoms with Crippen molar-refractivity contribution in [3.63, 3.8) is 0 Å². The molecule has 14 heavy (non-hydrogen) atoms. The summed E-state index contributed by atoms with van der Waals surface area (Å²) in [5, 5.41) is 8.48. The zero-order valence-corrected chi connectivity index (χ0v) is 9.61. The second kappa shape index (κ2) is 4.45. The Bertz CT molecular complexity index is 361. The molecule has 0 unspecified atom stereocenters. The summed E-state index contributed by atoms with van der Waals surface area (Å²) in [5.41, 5.74) is 0.401. The summed E-state index contributed by atoms with van der Waals surface area (Å²) in [6.07, 6.45) is 1.68. The molecule has 0 aliphatic heterocycles. The van der Waals surface area contributed by atoms with Gasteiger partial charge in [0.05, 0.1) is 0 Å². The third-order valence-corrected chi connectivity index (χ3v) is 2.22. The van der Waals surface area contributed by atoms with Crippen molar-refractivity contribution in [2.24, 2.45) is 0 Å². The number of carboxylic acids is 1. The van der Waals surface area contributed by atoms with Crippen LogP contribution in [0.1, 0.15) is 10.5 Å². The van der Waals surface area contributed by atoms with Crippen LogP contribution in [0.25, 0.3) is 0 Å². The largest absolute Gasteiger partial charge is 0.480 e. The molecule has 0 aliphatic rings. The standard InChI is InChI=1S/C8H9IN2O3/c1-11(4-7(12)13)8(14)6-2-5(9)3-10-6/h2-3,10H,4H2,1H3,(H,12,13). The van der Waals surface area contributed by atoms with Gasteiger partial charge >= 0.3 is 5.97 Å². The zero-order chi connectivity index (χ0) is 10.7. The molecule has 1 rings (SSSR count). The third-order valence-electron chi connectivity index (χ3n) is 1.60. The number of hydrogen-bond acceptors (Lipinski definition) is 2. The van der Waals surface area contributed by atoms with E-state index in [0.29, 0.717) is 5.69 Å². The molecule has 1 amide bonds. The van der Waals surface area contributed by atoms with Gasteiger partial charge in [0.25, 0.3) is 5.91 Å². The molecule has 76 valence electrons. The highest BCUT2D eigenvalue weighted by molar-refractivity contribution is 14.1. The number of halogens is 1. The predicted molar refractivity (Wildman–Crippen MR) is 58.1 cm³/mol. The SMILES string of the molecule is CN(CC(=O)O)C(=O)c1cc(I)c[nH]1. The lowest BCUT2D eigenvalue weighted by Gasteiger charge is -2.12. The fourth-order valence-corrected chi connectivity index (χ4v) is 1.44. The van der Waals surface area contributed by atoms with E-state index in [1.807, 2.05) is 0 Å². The highest BCUT2D eigenvalue weighted by atomic mass is 127. The van der Waals surface area contributed by atoms with Crippen molar-refractivity contribution in [3.05, 3.63) is 21.5 Å². The number of carboxylic acid groups (broad SMARTS) is 1. The number of hydrogen-bond donors (Lipinski definition) is 2. The highest BCUT2D eigenvalue weighted by Gasteiger charge is 2.15. The van der Waals surface area contributed by atoms with Crippen molar-refractivity contribution < 1.29 is 14.7 Å². The lowest BCUT2D eigenvalue weighted by molar-refractivity contribution is -0.137. The molecular weight excluding hydrogens is 299 g/mol. The van der Waals surface area contributed by atoms with Gasteiger partial charge in [-0.25, -0.2) is 0 Å². The maximum atomic E-state index is 11.5. The Hall–Kier alpha value is -1.05. The van der Waals surface area contributed by atoms with Crippen LogP contribution in [0.5, 0.6) is 0 Å². The van der Waals surface area contributed by atoms with Crippen LogP contribution >= 0.6 is 22.6 Å². The van der Waals surface area contributed by atoms with Crippen LogP contribution in [-0.2, 0) is 4.79 Å². The summed E-state index contributed by atoms with van der Waals surface area (Å²) >= 11 is 2.06. The first-order valence-corrected chi connectivity index (χ1v) is 4.89. The smallest absolute Gasteiger partial charge is 0.323 e. The van der Waals surface area contributed by atoms with Gasteiger partial charge in [-0.2, -0.15) is 0 Å². The van der Waals surface area contributed by atoms with E-state index in [1.165, 1.54) is 7.05 Å². The van der Waals surface area contributed by atoms with Gasteiger partial charge in [-0.15, -0.1) is 0 Å². The van der Waals surface area contributed by atoms with Gasteiger partial charge < -0.3 is 15.0 Å². The van der Waals surface area contributed by atoms with Crippen molar-refractivity contribution in [2.45, 2.75) is 0 Å². The quantitative estimate of drug-likeness (QED) is 0.810. The summed E-state index contributed by atoms with van der Waals surface area (Å²) in [6.45, 7) is -0.297. The average Bonchev–Trinajstić information content (AvgIpc) is 2.49. The molecule has 0 spiro atoms. The Kier molecular flexibility index (Phi) is 3.50. The van der Waals surface area contributed by atoms with E-state index in [2.05, 4.69) is 27.6 Å². The number of aliphatic carboxylic acids is 1. The first-order valence-electron chi connectivity index (χ1n) is 3.82.